The molecular weight excluding hydrogens is 375 g/mol. The normalized spacial score (nSPS) is 14.5. The third-order valence-electron chi connectivity index (χ3n) is 4.07. The molecule has 2 aromatic carbocycles. The molecule has 0 aromatic heterocycles. The number of halogens is 3. The van der Waals surface area contributed by atoms with E-state index in [2.05, 4.69) is 20.3 Å². The molecule has 1 aliphatic heterocycles. The van der Waals surface area contributed by atoms with Crippen LogP contribution in [0.2, 0.25) is 0 Å². The Bertz CT molecular complexity index is 774. The molecule has 28 heavy (non-hydrogen) atoms. The van der Waals surface area contributed by atoms with Crippen molar-refractivity contribution < 1.29 is 27.4 Å². The van der Waals surface area contributed by atoms with E-state index in [-0.39, 0.29) is 18.2 Å². The molecule has 1 aliphatic rings. The maximum absolute atomic E-state index is 12.1. The van der Waals surface area contributed by atoms with Crippen LogP contribution in [0.1, 0.15) is 0 Å². The largest absolute Gasteiger partial charge is 0.573 e. The van der Waals surface area contributed by atoms with Gasteiger partial charge in [0.1, 0.15) is 5.75 Å². The SMILES string of the molecule is O=C(CNc1ccc(OC(F)(F)F)cc1)Nc1ccc(N2CCOCC2)cc1. The Morgan fingerprint density at radius 3 is 2.21 bits per heavy atom. The summed E-state index contributed by atoms with van der Waals surface area (Å²) in [5.74, 6) is -0.586. The van der Waals surface area contributed by atoms with Crippen molar-refractivity contribution >= 4 is 23.0 Å². The fourth-order valence-electron chi connectivity index (χ4n) is 2.74. The summed E-state index contributed by atoms with van der Waals surface area (Å²) in [6.45, 7) is 3.05. The van der Waals surface area contributed by atoms with Crippen LogP contribution in [0.5, 0.6) is 5.75 Å². The van der Waals surface area contributed by atoms with Crippen LogP contribution in [0, 0.1) is 0 Å². The molecule has 2 aromatic rings. The van der Waals surface area contributed by atoms with Crippen molar-refractivity contribution in [3.05, 3.63) is 48.5 Å². The summed E-state index contributed by atoms with van der Waals surface area (Å²) >= 11 is 0. The quantitative estimate of drug-likeness (QED) is 0.784. The van der Waals surface area contributed by atoms with Crippen molar-refractivity contribution in [1.82, 2.24) is 0 Å². The van der Waals surface area contributed by atoms with Crippen molar-refractivity contribution in [1.29, 1.82) is 0 Å². The van der Waals surface area contributed by atoms with Gasteiger partial charge in [-0.3, -0.25) is 4.79 Å². The number of anilines is 3. The van der Waals surface area contributed by atoms with E-state index in [0.717, 1.165) is 18.8 Å². The van der Waals surface area contributed by atoms with Crippen molar-refractivity contribution in [3.8, 4) is 5.75 Å². The molecule has 3 rings (SSSR count). The smallest absolute Gasteiger partial charge is 0.406 e. The van der Waals surface area contributed by atoms with E-state index in [4.69, 9.17) is 4.74 Å². The molecule has 0 unspecified atom stereocenters. The average molecular weight is 395 g/mol. The number of amides is 1. The molecule has 0 atom stereocenters. The van der Waals surface area contributed by atoms with Gasteiger partial charge in [-0.1, -0.05) is 0 Å². The molecule has 0 aliphatic carbocycles. The highest BCUT2D eigenvalue weighted by Gasteiger charge is 2.30. The van der Waals surface area contributed by atoms with Gasteiger partial charge in [0, 0.05) is 30.2 Å². The summed E-state index contributed by atoms with van der Waals surface area (Å²) in [4.78, 5) is 14.3. The Hall–Kier alpha value is -2.94. The Labute approximate surface area is 160 Å². The summed E-state index contributed by atoms with van der Waals surface area (Å²) < 4.78 is 45.5. The van der Waals surface area contributed by atoms with E-state index < -0.39 is 6.36 Å². The Morgan fingerprint density at radius 1 is 1.00 bits per heavy atom. The van der Waals surface area contributed by atoms with E-state index in [1.807, 2.05) is 24.3 Å². The van der Waals surface area contributed by atoms with Gasteiger partial charge >= 0.3 is 6.36 Å². The molecule has 0 radical (unpaired) electrons. The molecule has 150 valence electrons. The van der Waals surface area contributed by atoms with Gasteiger partial charge in [-0.15, -0.1) is 13.2 Å². The number of hydrogen-bond acceptors (Lipinski definition) is 5. The van der Waals surface area contributed by atoms with Crippen molar-refractivity contribution in [2.45, 2.75) is 6.36 Å². The minimum atomic E-state index is -4.73. The predicted molar refractivity (Wildman–Crippen MR) is 99.7 cm³/mol. The first kappa shape index (κ1) is 19.8. The maximum atomic E-state index is 12.1. The lowest BCUT2D eigenvalue weighted by Gasteiger charge is -2.28. The molecule has 9 heteroatoms. The third kappa shape index (κ3) is 6.05. The fourth-order valence-corrected chi connectivity index (χ4v) is 2.74. The first-order valence-corrected chi connectivity index (χ1v) is 8.71. The third-order valence-corrected chi connectivity index (χ3v) is 4.07. The van der Waals surface area contributed by atoms with Crippen molar-refractivity contribution in [2.75, 3.05) is 48.4 Å². The molecule has 0 saturated carbocycles. The lowest BCUT2D eigenvalue weighted by atomic mass is 10.2. The molecular formula is C19H20F3N3O3. The minimum Gasteiger partial charge on any atom is -0.406 e. The van der Waals surface area contributed by atoms with Crippen molar-refractivity contribution in [2.24, 2.45) is 0 Å². The molecule has 6 nitrogen and oxygen atoms in total. The molecule has 0 spiro atoms. The van der Waals surface area contributed by atoms with Crippen LogP contribution in [-0.4, -0.2) is 45.1 Å². The van der Waals surface area contributed by atoms with Gasteiger partial charge in [-0.05, 0) is 48.5 Å². The Kier molecular flexibility index (Phi) is 6.25. The topological polar surface area (TPSA) is 62.8 Å². The average Bonchev–Trinajstić information content (AvgIpc) is 2.68. The van der Waals surface area contributed by atoms with E-state index in [1.165, 1.54) is 24.3 Å². The van der Waals surface area contributed by atoms with Gasteiger partial charge in [0.2, 0.25) is 5.91 Å². The zero-order valence-electron chi connectivity index (χ0n) is 15.0. The van der Waals surface area contributed by atoms with Crippen LogP contribution in [0.15, 0.2) is 48.5 Å². The highest BCUT2D eigenvalue weighted by atomic mass is 19.4. The van der Waals surface area contributed by atoms with Gasteiger partial charge in [0.05, 0.1) is 19.8 Å². The number of morpholine rings is 1. The van der Waals surface area contributed by atoms with Gasteiger partial charge in [0.25, 0.3) is 0 Å². The minimum absolute atomic E-state index is 0.0231. The van der Waals surface area contributed by atoms with E-state index in [9.17, 15) is 18.0 Å². The molecule has 1 amide bonds. The maximum Gasteiger partial charge on any atom is 0.573 e. The van der Waals surface area contributed by atoms with E-state index in [0.29, 0.717) is 24.6 Å². The first-order chi connectivity index (χ1) is 13.4. The summed E-state index contributed by atoms with van der Waals surface area (Å²) in [5, 5.41) is 5.61. The molecule has 0 bridgehead atoms. The predicted octanol–water partition coefficient (Wildman–Crippen LogP) is 3.47. The highest BCUT2D eigenvalue weighted by Crippen LogP contribution is 2.24. The summed E-state index contributed by atoms with van der Waals surface area (Å²) in [6, 6.07) is 12.7. The van der Waals surface area contributed by atoms with Crippen LogP contribution in [0.4, 0.5) is 30.2 Å². The molecule has 2 N–H and O–H groups in total. The second-order valence-corrected chi connectivity index (χ2v) is 6.12. The van der Waals surface area contributed by atoms with Crippen LogP contribution < -0.4 is 20.3 Å². The van der Waals surface area contributed by atoms with Gasteiger partial charge in [0.15, 0.2) is 0 Å². The summed E-state index contributed by atoms with van der Waals surface area (Å²) in [7, 11) is 0. The first-order valence-electron chi connectivity index (χ1n) is 8.71. The molecule has 1 heterocycles. The number of alkyl halides is 3. The number of hydrogen-bond donors (Lipinski definition) is 2. The van der Waals surface area contributed by atoms with E-state index in [1.54, 1.807) is 0 Å². The number of carbonyl (C=O) groups excluding carboxylic acids is 1. The Morgan fingerprint density at radius 2 is 1.61 bits per heavy atom. The summed E-state index contributed by atoms with van der Waals surface area (Å²) in [5.41, 5.74) is 2.24. The second-order valence-electron chi connectivity index (χ2n) is 6.12. The summed E-state index contributed by atoms with van der Waals surface area (Å²) in [6.07, 6.45) is -4.73. The standard InChI is InChI=1S/C19H20F3N3O3/c20-19(21,22)28-17-7-3-14(4-8-17)23-13-18(26)24-15-1-5-16(6-2-15)25-9-11-27-12-10-25/h1-8,23H,9-13H2,(H,24,26). The van der Waals surface area contributed by atoms with Gasteiger partial charge in [-0.25, -0.2) is 0 Å². The van der Waals surface area contributed by atoms with Gasteiger partial charge in [-0.2, -0.15) is 0 Å². The zero-order valence-corrected chi connectivity index (χ0v) is 15.0. The number of carbonyl (C=O) groups is 1. The molecule has 1 saturated heterocycles. The Balaban J connectivity index is 1.46. The lowest BCUT2D eigenvalue weighted by molar-refractivity contribution is -0.274. The molecule has 1 fully saturated rings. The second kappa shape index (κ2) is 8.83. The van der Waals surface area contributed by atoms with Crippen LogP contribution in [-0.2, 0) is 9.53 Å². The number of nitrogens with one attached hydrogen (secondary N) is 2. The van der Waals surface area contributed by atoms with Crippen LogP contribution >= 0.6 is 0 Å². The number of ether oxygens (including phenoxy) is 2. The van der Waals surface area contributed by atoms with Crippen LogP contribution in [0.3, 0.4) is 0 Å². The lowest BCUT2D eigenvalue weighted by Crippen LogP contribution is -2.36. The fraction of sp³-hybridized carbons (Fsp3) is 0.316. The number of nitrogens with zero attached hydrogens (tertiary/aromatic N) is 1. The van der Waals surface area contributed by atoms with Gasteiger partial charge < -0.3 is 25.0 Å². The number of rotatable bonds is 6. The number of benzene rings is 2. The monoisotopic (exact) mass is 395 g/mol. The zero-order chi connectivity index (χ0) is 20.0. The highest BCUT2D eigenvalue weighted by molar-refractivity contribution is 5.93. The van der Waals surface area contributed by atoms with E-state index >= 15 is 0 Å². The van der Waals surface area contributed by atoms with Crippen molar-refractivity contribution in [3.63, 3.8) is 0 Å². The van der Waals surface area contributed by atoms with Crippen LogP contribution in [0.25, 0.3) is 0 Å².